The van der Waals surface area contributed by atoms with E-state index in [-0.39, 0.29) is 11.7 Å². The fourth-order valence-electron chi connectivity index (χ4n) is 4.63. The van der Waals surface area contributed by atoms with Gasteiger partial charge >= 0.3 is 0 Å². The van der Waals surface area contributed by atoms with E-state index in [1.165, 1.54) is 23.5 Å². The summed E-state index contributed by atoms with van der Waals surface area (Å²) in [4.78, 5) is 34.8. The number of hydrogen-bond acceptors (Lipinski definition) is 9. The molecule has 0 atom stereocenters. The van der Waals surface area contributed by atoms with Gasteiger partial charge in [0.25, 0.3) is 0 Å². The Hall–Kier alpha value is -4.08. The number of carbonyl (C=O) groups is 1. The van der Waals surface area contributed by atoms with Gasteiger partial charge in [0.05, 0.1) is 24.6 Å². The number of aryl methyl sites for hydroxylation is 1. The van der Waals surface area contributed by atoms with Crippen LogP contribution in [0.3, 0.4) is 0 Å². The van der Waals surface area contributed by atoms with Crippen molar-refractivity contribution in [2.24, 2.45) is 0 Å². The molecule has 0 aliphatic carbocycles. The van der Waals surface area contributed by atoms with Gasteiger partial charge in [-0.05, 0) is 30.7 Å². The van der Waals surface area contributed by atoms with Crippen molar-refractivity contribution >= 4 is 39.7 Å². The molecule has 1 amide bonds. The molecule has 3 aromatic heterocycles. The van der Waals surface area contributed by atoms with Crippen LogP contribution in [-0.4, -0.2) is 88.9 Å². The molecule has 4 heterocycles. The minimum Gasteiger partial charge on any atom is -0.353 e. The van der Waals surface area contributed by atoms with Gasteiger partial charge in [0.15, 0.2) is 10.8 Å². The average Bonchev–Trinajstić information content (AvgIpc) is 3.54. The number of thiazole rings is 1. The van der Waals surface area contributed by atoms with Crippen molar-refractivity contribution in [1.29, 1.82) is 5.26 Å². The van der Waals surface area contributed by atoms with Crippen LogP contribution in [0.4, 0.5) is 21.2 Å². The zero-order valence-corrected chi connectivity index (χ0v) is 23.2. The Morgan fingerprint density at radius 3 is 2.49 bits per heavy atom. The lowest BCUT2D eigenvalue weighted by atomic mass is 10.1. The van der Waals surface area contributed by atoms with Crippen LogP contribution in [0, 0.1) is 17.1 Å². The summed E-state index contributed by atoms with van der Waals surface area (Å²) in [5, 5.41) is 10.4. The highest BCUT2D eigenvalue weighted by Crippen LogP contribution is 2.37. The molecule has 0 saturated carbocycles. The first-order chi connectivity index (χ1) is 18.8. The summed E-state index contributed by atoms with van der Waals surface area (Å²) in [7, 11) is 5.47. The van der Waals surface area contributed by atoms with E-state index in [0.29, 0.717) is 34.2 Å². The normalized spacial score (nSPS) is 14.0. The Morgan fingerprint density at radius 1 is 1.13 bits per heavy atom. The van der Waals surface area contributed by atoms with E-state index < -0.39 is 0 Å². The average molecular weight is 548 g/mol. The number of imidazole rings is 1. The summed E-state index contributed by atoms with van der Waals surface area (Å²) < 4.78 is 15.5. The SMILES string of the molecule is CCc1nc2cnc(N3CCN(CC(=O)N(C)C)CC3)cn2c1N(C)c1nc(-c2ccc(F)cc2)c(C#N)s1. The smallest absolute Gasteiger partial charge is 0.236 e. The molecule has 0 spiro atoms. The van der Waals surface area contributed by atoms with Crippen LogP contribution in [0.15, 0.2) is 36.7 Å². The van der Waals surface area contributed by atoms with Gasteiger partial charge in [0.1, 0.15) is 34.1 Å². The van der Waals surface area contributed by atoms with Crippen molar-refractivity contribution in [3.63, 3.8) is 0 Å². The molecular weight excluding hydrogens is 517 g/mol. The number of fused-ring (bicyclic) bond motifs is 1. The van der Waals surface area contributed by atoms with Crippen molar-refractivity contribution < 1.29 is 9.18 Å². The fourth-order valence-corrected chi connectivity index (χ4v) is 5.47. The van der Waals surface area contributed by atoms with Crippen molar-refractivity contribution in [2.45, 2.75) is 13.3 Å². The third kappa shape index (κ3) is 5.28. The number of anilines is 3. The van der Waals surface area contributed by atoms with E-state index in [1.807, 2.05) is 29.5 Å². The van der Waals surface area contributed by atoms with Crippen LogP contribution in [0.5, 0.6) is 0 Å². The van der Waals surface area contributed by atoms with E-state index in [1.54, 1.807) is 37.3 Å². The largest absolute Gasteiger partial charge is 0.353 e. The molecule has 0 bridgehead atoms. The Morgan fingerprint density at radius 2 is 1.85 bits per heavy atom. The summed E-state index contributed by atoms with van der Waals surface area (Å²) in [6.45, 7) is 5.55. The summed E-state index contributed by atoms with van der Waals surface area (Å²) in [6.07, 6.45) is 4.48. The van der Waals surface area contributed by atoms with Crippen molar-refractivity contribution in [2.75, 3.05) is 63.7 Å². The molecule has 202 valence electrons. The minimum absolute atomic E-state index is 0.102. The highest BCUT2D eigenvalue weighted by atomic mass is 32.1. The Bertz CT molecular complexity index is 1530. The lowest BCUT2D eigenvalue weighted by Gasteiger charge is -2.35. The summed E-state index contributed by atoms with van der Waals surface area (Å²) in [6, 6.07) is 8.24. The van der Waals surface area contributed by atoms with Gasteiger partial charge in [-0.25, -0.2) is 19.3 Å². The van der Waals surface area contributed by atoms with Gasteiger partial charge in [-0.2, -0.15) is 5.26 Å². The van der Waals surface area contributed by atoms with Crippen LogP contribution in [0.1, 0.15) is 17.5 Å². The van der Waals surface area contributed by atoms with Crippen LogP contribution >= 0.6 is 11.3 Å². The van der Waals surface area contributed by atoms with E-state index in [2.05, 4.69) is 20.9 Å². The third-order valence-electron chi connectivity index (χ3n) is 6.87. The zero-order chi connectivity index (χ0) is 27.7. The van der Waals surface area contributed by atoms with Gasteiger partial charge < -0.3 is 14.7 Å². The number of likely N-dealkylation sites (N-methyl/N-ethyl adjacent to an activating group) is 1. The number of carbonyl (C=O) groups excluding carboxylic acids is 1. The molecule has 0 N–H and O–H groups in total. The number of aromatic nitrogens is 4. The summed E-state index contributed by atoms with van der Waals surface area (Å²) in [5.41, 5.74) is 2.84. The second-order valence-corrected chi connectivity index (χ2v) is 10.6. The Labute approximate surface area is 230 Å². The van der Waals surface area contributed by atoms with E-state index in [9.17, 15) is 14.4 Å². The molecule has 1 aromatic carbocycles. The predicted octanol–water partition coefficient (Wildman–Crippen LogP) is 3.40. The predicted molar refractivity (Wildman–Crippen MR) is 150 cm³/mol. The number of hydrogen-bond donors (Lipinski definition) is 0. The number of piperazine rings is 1. The van der Waals surface area contributed by atoms with E-state index in [0.717, 1.165) is 49.2 Å². The van der Waals surface area contributed by atoms with E-state index in [4.69, 9.17) is 9.97 Å². The highest BCUT2D eigenvalue weighted by molar-refractivity contribution is 7.16. The first kappa shape index (κ1) is 26.5. The van der Waals surface area contributed by atoms with Crippen LogP contribution < -0.4 is 9.80 Å². The number of halogens is 1. The number of benzene rings is 1. The maximum absolute atomic E-state index is 13.5. The Balaban J connectivity index is 1.44. The Kier molecular flexibility index (Phi) is 7.45. The molecule has 10 nitrogen and oxygen atoms in total. The van der Waals surface area contributed by atoms with Gasteiger partial charge in [0, 0.05) is 52.9 Å². The number of rotatable bonds is 7. The molecule has 0 radical (unpaired) electrons. The van der Waals surface area contributed by atoms with Crippen LogP contribution in [-0.2, 0) is 11.2 Å². The van der Waals surface area contributed by atoms with Crippen LogP contribution in [0.25, 0.3) is 16.9 Å². The van der Waals surface area contributed by atoms with Gasteiger partial charge in [-0.15, -0.1) is 0 Å². The second kappa shape index (κ2) is 11.0. The molecule has 4 aromatic rings. The summed E-state index contributed by atoms with van der Waals surface area (Å²) >= 11 is 1.29. The van der Waals surface area contributed by atoms with Gasteiger partial charge in [-0.3, -0.25) is 14.1 Å². The monoisotopic (exact) mass is 547 g/mol. The lowest BCUT2D eigenvalue weighted by molar-refractivity contribution is -0.129. The molecular formula is C27H30FN9OS. The fraction of sp³-hybridized carbons (Fsp3) is 0.370. The van der Waals surface area contributed by atoms with E-state index >= 15 is 0 Å². The molecule has 39 heavy (non-hydrogen) atoms. The first-order valence-electron chi connectivity index (χ1n) is 12.7. The highest BCUT2D eigenvalue weighted by Gasteiger charge is 2.24. The molecule has 5 rings (SSSR count). The van der Waals surface area contributed by atoms with Gasteiger partial charge in [0.2, 0.25) is 5.91 Å². The quantitative estimate of drug-likeness (QED) is 0.347. The lowest BCUT2D eigenvalue weighted by Crippen LogP contribution is -2.49. The standard InChI is InChI=1S/C27H30FN9OS/c1-5-20-26(34(4)27-32-25(21(14-29)39-27)18-6-8-19(28)9-7-18)37-16-23(30-15-22(37)31-20)36-12-10-35(11-13-36)17-24(38)33(2)3/h6-9,15-16H,5,10-13,17H2,1-4H3. The van der Waals surface area contributed by atoms with Crippen LogP contribution in [0.2, 0.25) is 0 Å². The number of amides is 1. The molecule has 0 unspecified atom stereocenters. The summed E-state index contributed by atoms with van der Waals surface area (Å²) in [5.74, 6) is 1.46. The number of nitrogens with zero attached hydrogens (tertiary/aromatic N) is 9. The third-order valence-corrected chi connectivity index (χ3v) is 7.90. The second-order valence-electron chi connectivity index (χ2n) is 9.61. The molecule has 12 heteroatoms. The maximum Gasteiger partial charge on any atom is 0.236 e. The topological polar surface area (TPSA) is 96.9 Å². The number of nitriles is 1. The van der Waals surface area contributed by atoms with Crippen molar-refractivity contribution in [3.05, 3.63) is 53.0 Å². The zero-order valence-electron chi connectivity index (χ0n) is 22.4. The van der Waals surface area contributed by atoms with Crippen molar-refractivity contribution in [1.82, 2.24) is 29.2 Å². The van der Waals surface area contributed by atoms with Gasteiger partial charge in [-0.1, -0.05) is 18.3 Å². The maximum atomic E-state index is 13.5. The molecule has 1 aliphatic heterocycles. The minimum atomic E-state index is -0.337. The molecule has 1 saturated heterocycles. The molecule has 1 fully saturated rings. The molecule has 1 aliphatic rings. The van der Waals surface area contributed by atoms with Crippen molar-refractivity contribution in [3.8, 4) is 17.3 Å². The first-order valence-corrected chi connectivity index (χ1v) is 13.6.